The summed E-state index contributed by atoms with van der Waals surface area (Å²) in [7, 11) is 3.67. The summed E-state index contributed by atoms with van der Waals surface area (Å²) in [5.41, 5.74) is 3.16. The first-order valence-corrected chi connectivity index (χ1v) is 8.81. The first-order chi connectivity index (χ1) is 12.5. The summed E-state index contributed by atoms with van der Waals surface area (Å²) in [6.07, 6.45) is 6.50. The van der Waals surface area contributed by atoms with Gasteiger partial charge in [-0.3, -0.25) is 14.2 Å². The topological polar surface area (TPSA) is 82.0 Å². The molecule has 0 aliphatic carbocycles. The number of amides is 1. The van der Waals surface area contributed by atoms with Crippen molar-refractivity contribution >= 4 is 5.91 Å². The Morgan fingerprint density at radius 1 is 1.31 bits per heavy atom. The van der Waals surface area contributed by atoms with E-state index in [1.165, 1.54) is 0 Å². The number of nitrogens with zero attached hydrogens (tertiary/aromatic N) is 6. The monoisotopic (exact) mass is 354 g/mol. The summed E-state index contributed by atoms with van der Waals surface area (Å²) in [6, 6.07) is 3.57. The first-order valence-electron chi connectivity index (χ1n) is 8.81. The molecule has 1 atom stereocenters. The molecule has 1 aliphatic heterocycles. The molecule has 0 spiro atoms. The highest BCUT2D eigenvalue weighted by Gasteiger charge is 2.34. The van der Waals surface area contributed by atoms with Gasteiger partial charge in [-0.2, -0.15) is 10.2 Å². The van der Waals surface area contributed by atoms with E-state index in [1.54, 1.807) is 28.7 Å². The maximum atomic E-state index is 13.1. The summed E-state index contributed by atoms with van der Waals surface area (Å²) in [5, 5.41) is 12.8. The number of likely N-dealkylation sites (tertiary alicyclic amines) is 1. The van der Waals surface area contributed by atoms with Crippen molar-refractivity contribution in [3.05, 3.63) is 41.6 Å². The van der Waals surface area contributed by atoms with Crippen LogP contribution < -0.4 is 0 Å². The fourth-order valence-electron chi connectivity index (χ4n) is 3.62. The van der Waals surface area contributed by atoms with Crippen LogP contribution in [0.2, 0.25) is 0 Å². The average molecular weight is 354 g/mol. The highest BCUT2D eigenvalue weighted by molar-refractivity contribution is 5.93. The lowest BCUT2D eigenvalue weighted by Gasteiger charge is -2.35. The second-order valence-electron chi connectivity index (χ2n) is 6.78. The normalized spacial score (nSPS) is 17.7. The van der Waals surface area contributed by atoms with Crippen LogP contribution in [0.4, 0.5) is 0 Å². The van der Waals surface area contributed by atoms with E-state index in [0.29, 0.717) is 18.0 Å². The van der Waals surface area contributed by atoms with E-state index >= 15 is 0 Å². The van der Waals surface area contributed by atoms with Gasteiger partial charge in [0.2, 0.25) is 0 Å². The van der Waals surface area contributed by atoms with Crippen molar-refractivity contribution in [2.75, 3.05) is 6.54 Å². The van der Waals surface area contributed by atoms with Crippen molar-refractivity contribution in [2.45, 2.75) is 32.2 Å². The highest BCUT2D eigenvalue weighted by Crippen LogP contribution is 2.37. The third kappa shape index (κ3) is 2.81. The van der Waals surface area contributed by atoms with Crippen LogP contribution in [0.15, 0.2) is 29.0 Å². The van der Waals surface area contributed by atoms with Crippen molar-refractivity contribution in [3.8, 4) is 11.3 Å². The van der Waals surface area contributed by atoms with Gasteiger partial charge in [0, 0.05) is 39.1 Å². The number of aryl methyl sites for hydroxylation is 3. The lowest BCUT2D eigenvalue weighted by molar-refractivity contribution is 0.0594. The van der Waals surface area contributed by atoms with E-state index in [-0.39, 0.29) is 11.9 Å². The lowest BCUT2D eigenvalue weighted by atomic mass is 9.96. The SMILES string of the molecule is Cc1cc(-c2cn(C)nc2C2CCCCN2C(=O)c2ccnn2C)on1. The van der Waals surface area contributed by atoms with Crippen LogP contribution in [0.3, 0.4) is 0 Å². The Bertz CT molecular complexity index is 937. The first kappa shape index (κ1) is 16.6. The molecular weight excluding hydrogens is 332 g/mol. The van der Waals surface area contributed by atoms with Crippen LogP contribution in [-0.2, 0) is 14.1 Å². The lowest BCUT2D eigenvalue weighted by Crippen LogP contribution is -2.39. The molecule has 1 amide bonds. The standard InChI is InChI=1S/C18H22N6O2/c1-12-10-16(26-21-12)13-11-22(2)20-17(13)14-6-4-5-9-24(14)18(25)15-7-8-19-23(15)3/h7-8,10-11,14H,4-6,9H2,1-3H3. The molecule has 0 saturated carbocycles. The molecule has 1 aliphatic rings. The molecule has 1 fully saturated rings. The summed E-state index contributed by atoms with van der Waals surface area (Å²) in [5.74, 6) is 0.671. The zero-order valence-electron chi connectivity index (χ0n) is 15.2. The van der Waals surface area contributed by atoms with Crippen molar-refractivity contribution in [1.82, 2.24) is 29.6 Å². The van der Waals surface area contributed by atoms with E-state index < -0.39 is 0 Å². The van der Waals surface area contributed by atoms with Gasteiger partial charge in [-0.1, -0.05) is 5.16 Å². The molecule has 3 aromatic rings. The molecule has 0 aromatic carbocycles. The van der Waals surface area contributed by atoms with Gasteiger partial charge in [0.25, 0.3) is 5.91 Å². The van der Waals surface area contributed by atoms with Gasteiger partial charge >= 0.3 is 0 Å². The second-order valence-corrected chi connectivity index (χ2v) is 6.78. The third-order valence-electron chi connectivity index (χ3n) is 4.87. The van der Waals surface area contributed by atoms with Crippen LogP contribution >= 0.6 is 0 Å². The van der Waals surface area contributed by atoms with Gasteiger partial charge < -0.3 is 9.42 Å². The fourth-order valence-corrected chi connectivity index (χ4v) is 3.62. The Labute approximate surface area is 151 Å². The number of hydrogen-bond acceptors (Lipinski definition) is 5. The summed E-state index contributed by atoms with van der Waals surface area (Å²) >= 11 is 0. The molecule has 8 heteroatoms. The summed E-state index contributed by atoms with van der Waals surface area (Å²) < 4.78 is 8.85. The number of carbonyl (C=O) groups excluding carboxylic acids is 1. The fraction of sp³-hybridized carbons (Fsp3) is 0.444. The van der Waals surface area contributed by atoms with Gasteiger partial charge in [0.05, 0.1) is 23.0 Å². The number of rotatable bonds is 3. The largest absolute Gasteiger partial charge is 0.356 e. The molecule has 3 aromatic heterocycles. The zero-order chi connectivity index (χ0) is 18.3. The number of aromatic nitrogens is 5. The minimum Gasteiger partial charge on any atom is -0.356 e. The van der Waals surface area contributed by atoms with Crippen molar-refractivity contribution in [3.63, 3.8) is 0 Å². The van der Waals surface area contributed by atoms with E-state index in [1.807, 2.05) is 31.1 Å². The second kappa shape index (κ2) is 6.44. The van der Waals surface area contributed by atoms with Crippen LogP contribution in [0.25, 0.3) is 11.3 Å². The van der Waals surface area contributed by atoms with Crippen LogP contribution in [0.1, 0.15) is 47.2 Å². The van der Waals surface area contributed by atoms with Gasteiger partial charge in [-0.25, -0.2) is 0 Å². The molecule has 8 nitrogen and oxygen atoms in total. The summed E-state index contributed by atoms with van der Waals surface area (Å²) in [4.78, 5) is 15.0. The van der Waals surface area contributed by atoms with E-state index in [0.717, 1.165) is 36.2 Å². The van der Waals surface area contributed by atoms with E-state index in [2.05, 4.69) is 15.4 Å². The van der Waals surface area contributed by atoms with Crippen molar-refractivity contribution in [1.29, 1.82) is 0 Å². The number of hydrogen-bond donors (Lipinski definition) is 0. The minimum absolute atomic E-state index is 0.0138. The van der Waals surface area contributed by atoms with Crippen molar-refractivity contribution < 1.29 is 9.32 Å². The molecule has 26 heavy (non-hydrogen) atoms. The molecule has 0 radical (unpaired) electrons. The molecule has 0 N–H and O–H groups in total. The molecular formula is C18H22N6O2. The quantitative estimate of drug-likeness (QED) is 0.722. The van der Waals surface area contributed by atoms with Crippen LogP contribution in [-0.4, -0.2) is 42.1 Å². The molecule has 136 valence electrons. The number of carbonyl (C=O) groups is 1. The van der Waals surface area contributed by atoms with Gasteiger partial charge in [0.15, 0.2) is 5.76 Å². The molecule has 1 unspecified atom stereocenters. The smallest absolute Gasteiger partial charge is 0.272 e. The maximum Gasteiger partial charge on any atom is 0.272 e. The Hall–Kier alpha value is -2.90. The van der Waals surface area contributed by atoms with E-state index in [4.69, 9.17) is 4.52 Å². The molecule has 4 rings (SSSR count). The van der Waals surface area contributed by atoms with Crippen LogP contribution in [0.5, 0.6) is 0 Å². The Kier molecular flexibility index (Phi) is 4.10. The zero-order valence-corrected chi connectivity index (χ0v) is 15.2. The predicted molar refractivity (Wildman–Crippen MR) is 94.3 cm³/mol. The number of piperidine rings is 1. The molecule has 0 bridgehead atoms. The maximum absolute atomic E-state index is 13.1. The van der Waals surface area contributed by atoms with E-state index in [9.17, 15) is 4.79 Å². The Balaban J connectivity index is 1.74. The minimum atomic E-state index is -0.0900. The van der Waals surface area contributed by atoms with Gasteiger partial charge in [-0.15, -0.1) is 0 Å². The Morgan fingerprint density at radius 3 is 2.85 bits per heavy atom. The average Bonchev–Trinajstić information content (AvgIpc) is 3.34. The summed E-state index contributed by atoms with van der Waals surface area (Å²) in [6.45, 7) is 2.60. The van der Waals surface area contributed by atoms with Gasteiger partial charge in [0.1, 0.15) is 5.69 Å². The molecule has 1 saturated heterocycles. The Morgan fingerprint density at radius 2 is 2.15 bits per heavy atom. The van der Waals surface area contributed by atoms with Gasteiger partial charge in [-0.05, 0) is 32.3 Å². The van der Waals surface area contributed by atoms with Crippen LogP contribution in [0, 0.1) is 6.92 Å². The predicted octanol–water partition coefficient (Wildman–Crippen LogP) is 2.48. The van der Waals surface area contributed by atoms with Crippen molar-refractivity contribution in [2.24, 2.45) is 14.1 Å². The molecule has 4 heterocycles. The third-order valence-corrected chi connectivity index (χ3v) is 4.87. The highest BCUT2D eigenvalue weighted by atomic mass is 16.5.